The van der Waals surface area contributed by atoms with Gasteiger partial charge in [-0.1, -0.05) is 0 Å². The summed E-state index contributed by atoms with van der Waals surface area (Å²) in [4.78, 5) is 29.2. The number of rotatable bonds is 3. The molecule has 9 heteroatoms. The summed E-state index contributed by atoms with van der Waals surface area (Å²) < 4.78 is 14.9. The maximum Gasteiger partial charge on any atom is 0.321 e. The smallest absolute Gasteiger partial charge is 0.321 e. The van der Waals surface area contributed by atoms with Crippen LogP contribution in [0.3, 0.4) is 0 Å². The average Bonchev–Trinajstić information content (AvgIpc) is 3.16. The van der Waals surface area contributed by atoms with Crippen LogP contribution in [0.15, 0.2) is 49.1 Å². The van der Waals surface area contributed by atoms with Gasteiger partial charge < -0.3 is 15.1 Å². The summed E-state index contributed by atoms with van der Waals surface area (Å²) in [5.74, 6) is 2.10. The van der Waals surface area contributed by atoms with E-state index < -0.39 is 0 Å². The summed E-state index contributed by atoms with van der Waals surface area (Å²) in [6.07, 6.45) is 5.13. The van der Waals surface area contributed by atoms with Gasteiger partial charge in [0, 0.05) is 50.3 Å². The van der Waals surface area contributed by atoms with Crippen molar-refractivity contribution in [2.75, 3.05) is 36.4 Å². The lowest BCUT2D eigenvalue weighted by molar-refractivity contribution is 0.208. The fourth-order valence-corrected chi connectivity index (χ4v) is 3.14. The Morgan fingerprint density at radius 1 is 1.04 bits per heavy atom. The zero-order chi connectivity index (χ0) is 19.5. The Kier molecular flexibility index (Phi) is 4.88. The molecule has 0 atom stereocenters. The van der Waals surface area contributed by atoms with Crippen LogP contribution >= 0.6 is 0 Å². The predicted molar refractivity (Wildman–Crippen MR) is 103 cm³/mol. The Bertz CT molecular complexity index is 964. The summed E-state index contributed by atoms with van der Waals surface area (Å²) in [6, 6.07) is 7.46. The number of aromatic nitrogens is 4. The molecule has 0 radical (unpaired) electrons. The Labute approximate surface area is 161 Å². The number of carbonyl (C=O) groups is 1. The number of benzene rings is 1. The quantitative estimate of drug-likeness (QED) is 0.754. The first-order valence-corrected chi connectivity index (χ1v) is 8.99. The van der Waals surface area contributed by atoms with Crippen molar-refractivity contribution in [2.45, 2.75) is 6.92 Å². The molecule has 0 saturated carbocycles. The van der Waals surface area contributed by atoms with E-state index in [2.05, 4.69) is 25.2 Å². The number of nitrogens with zero attached hydrogens (tertiary/aromatic N) is 6. The van der Waals surface area contributed by atoms with Crippen LogP contribution in [0.4, 0.5) is 20.7 Å². The molecule has 1 N–H and O–H groups in total. The molecule has 1 aromatic carbocycles. The molecule has 1 aliphatic heterocycles. The predicted octanol–water partition coefficient (Wildman–Crippen LogP) is 2.46. The zero-order valence-electron chi connectivity index (χ0n) is 15.4. The van der Waals surface area contributed by atoms with E-state index in [0.717, 1.165) is 17.5 Å². The van der Waals surface area contributed by atoms with Crippen LogP contribution in [0.5, 0.6) is 0 Å². The molecular formula is C19H20FN7O. The maximum atomic E-state index is 13.0. The molecule has 0 unspecified atom stereocenters. The largest absolute Gasteiger partial charge is 0.353 e. The van der Waals surface area contributed by atoms with Crippen LogP contribution < -0.4 is 10.2 Å². The molecular weight excluding hydrogens is 361 g/mol. The molecule has 1 aliphatic rings. The zero-order valence-corrected chi connectivity index (χ0v) is 15.4. The highest BCUT2D eigenvalue weighted by molar-refractivity contribution is 5.89. The third-order valence-electron chi connectivity index (χ3n) is 4.70. The summed E-state index contributed by atoms with van der Waals surface area (Å²) in [5, 5.41) is 2.79. The second-order valence-corrected chi connectivity index (χ2v) is 6.49. The highest BCUT2D eigenvalue weighted by atomic mass is 19.1. The second-order valence-electron chi connectivity index (χ2n) is 6.49. The number of halogens is 1. The second kappa shape index (κ2) is 7.63. The number of imidazole rings is 1. The van der Waals surface area contributed by atoms with E-state index in [1.165, 1.54) is 18.5 Å². The minimum Gasteiger partial charge on any atom is -0.353 e. The molecule has 1 saturated heterocycles. The first-order chi connectivity index (χ1) is 13.6. The van der Waals surface area contributed by atoms with Crippen molar-refractivity contribution < 1.29 is 9.18 Å². The van der Waals surface area contributed by atoms with E-state index in [4.69, 9.17) is 0 Å². The Balaban J connectivity index is 1.38. The molecule has 0 aliphatic carbocycles. The highest BCUT2D eigenvalue weighted by Crippen LogP contribution is 2.17. The van der Waals surface area contributed by atoms with Gasteiger partial charge in [0.15, 0.2) is 0 Å². The Hall–Kier alpha value is -3.49. The van der Waals surface area contributed by atoms with Crippen molar-refractivity contribution in [3.8, 4) is 5.82 Å². The van der Waals surface area contributed by atoms with Crippen LogP contribution in [0.25, 0.3) is 5.82 Å². The van der Waals surface area contributed by atoms with Crippen molar-refractivity contribution in [1.29, 1.82) is 0 Å². The van der Waals surface area contributed by atoms with Crippen molar-refractivity contribution in [3.05, 3.63) is 60.7 Å². The van der Waals surface area contributed by atoms with E-state index in [9.17, 15) is 9.18 Å². The molecule has 28 heavy (non-hydrogen) atoms. The number of hydrogen-bond donors (Lipinski definition) is 1. The monoisotopic (exact) mass is 381 g/mol. The van der Waals surface area contributed by atoms with Gasteiger partial charge in [0.25, 0.3) is 0 Å². The number of carbonyl (C=O) groups excluding carboxylic acids is 1. The number of anilines is 2. The lowest BCUT2D eigenvalue weighted by Gasteiger charge is -2.35. The number of hydrogen-bond acceptors (Lipinski definition) is 5. The number of urea groups is 1. The summed E-state index contributed by atoms with van der Waals surface area (Å²) in [7, 11) is 0. The third kappa shape index (κ3) is 3.78. The van der Waals surface area contributed by atoms with Gasteiger partial charge in [0.1, 0.15) is 29.6 Å². The number of piperazine rings is 1. The first-order valence-electron chi connectivity index (χ1n) is 8.99. The molecule has 2 amide bonds. The minimum absolute atomic E-state index is 0.191. The van der Waals surface area contributed by atoms with Crippen molar-refractivity contribution >= 4 is 17.5 Å². The Morgan fingerprint density at radius 3 is 2.43 bits per heavy atom. The number of aryl methyl sites for hydroxylation is 1. The van der Waals surface area contributed by atoms with Crippen LogP contribution in [-0.4, -0.2) is 56.6 Å². The molecule has 0 bridgehead atoms. The van der Waals surface area contributed by atoms with Crippen LogP contribution in [-0.2, 0) is 0 Å². The van der Waals surface area contributed by atoms with Crippen LogP contribution in [0.2, 0.25) is 0 Å². The van der Waals surface area contributed by atoms with Gasteiger partial charge in [0.05, 0.1) is 0 Å². The van der Waals surface area contributed by atoms with E-state index >= 15 is 0 Å². The molecule has 1 fully saturated rings. The van der Waals surface area contributed by atoms with E-state index in [-0.39, 0.29) is 11.8 Å². The normalized spacial score (nSPS) is 14.2. The number of nitrogens with one attached hydrogen (secondary N) is 1. The van der Waals surface area contributed by atoms with E-state index in [1.807, 2.05) is 23.8 Å². The molecule has 3 aromatic rings. The third-order valence-corrected chi connectivity index (χ3v) is 4.70. The molecule has 144 valence electrons. The van der Waals surface area contributed by atoms with Gasteiger partial charge in [-0.2, -0.15) is 0 Å². The van der Waals surface area contributed by atoms with Crippen molar-refractivity contribution in [3.63, 3.8) is 0 Å². The summed E-state index contributed by atoms with van der Waals surface area (Å²) in [5.41, 5.74) is 0.574. The molecule has 4 rings (SSSR count). The summed E-state index contributed by atoms with van der Waals surface area (Å²) in [6.45, 7) is 4.37. The fourth-order valence-electron chi connectivity index (χ4n) is 3.14. The van der Waals surface area contributed by atoms with Gasteiger partial charge in [-0.3, -0.25) is 4.57 Å². The first kappa shape index (κ1) is 17.9. The maximum absolute atomic E-state index is 13.0. The van der Waals surface area contributed by atoms with Gasteiger partial charge in [0.2, 0.25) is 0 Å². The average molecular weight is 381 g/mol. The molecule has 2 aromatic heterocycles. The van der Waals surface area contributed by atoms with Crippen molar-refractivity contribution in [1.82, 2.24) is 24.4 Å². The SMILES string of the molecule is Cc1nccn1-c1cc(N2CCN(C(=O)Nc3ccc(F)cc3)CC2)ncn1. The van der Waals surface area contributed by atoms with Gasteiger partial charge in [-0.05, 0) is 31.2 Å². The number of amides is 2. The highest BCUT2D eigenvalue weighted by Gasteiger charge is 2.22. The lowest BCUT2D eigenvalue weighted by atomic mass is 10.3. The van der Waals surface area contributed by atoms with Crippen LogP contribution in [0.1, 0.15) is 5.82 Å². The minimum atomic E-state index is -0.332. The van der Waals surface area contributed by atoms with Gasteiger partial charge in [-0.15, -0.1) is 0 Å². The standard InChI is InChI=1S/C19H20FN7O/c1-14-21-6-7-27(14)18-12-17(22-13-23-18)25-8-10-26(11-9-25)19(28)24-16-4-2-15(20)3-5-16/h2-7,12-13H,8-11H2,1H3,(H,24,28). The van der Waals surface area contributed by atoms with E-state index in [0.29, 0.717) is 31.9 Å². The van der Waals surface area contributed by atoms with Gasteiger partial charge in [-0.25, -0.2) is 24.1 Å². The molecule has 0 spiro atoms. The van der Waals surface area contributed by atoms with Crippen LogP contribution in [0, 0.1) is 12.7 Å². The van der Waals surface area contributed by atoms with E-state index in [1.54, 1.807) is 23.2 Å². The topological polar surface area (TPSA) is 79.2 Å². The van der Waals surface area contributed by atoms with Crippen molar-refractivity contribution in [2.24, 2.45) is 0 Å². The molecule has 3 heterocycles. The van der Waals surface area contributed by atoms with Gasteiger partial charge >= 0.3 is 6.03 Å². The Morgan fingerprint density at radius 2 is 1.75 bits per heavy atom. The summed E-state index contributed by atoms with van der Waals surface area (Å²) >= 11 is 0. The molecule has 8 nitrogen and oxygen atoms in total. The lowest BCUT2D eigenvalue weighted by Crippen LogP contribution is -2.50. The fraction of sp³-hybridized carbons (Fsp3) is 0.263.